The van der Waals surface area contributed by atoms with Gasteiger partial charge >= 0.3 is 0 Å². The first kappa shape index (κ1) is 20.1. The highest BCUT2D eigenvalue weighted by molar-refractivity contribution is 5.44. The maximum Gasteiger partial charge on any atom is 0.276 e. The second kappa shape index (κ2) is 7.71. The molecule has 3 aromatic rings. The molecule has 0 spiro atoms. The number of aryl methyl sites for hydroxylation is 1. The lowest BCUT2D eigenvalue weighted by Gasteiger charge is -2.28. The fourth-order valence-corrected chi connectivity index (χ4v) is 5.15. The average Bonchev–Trinajstić information content (AvgIpc) is 3.22. The first-order valence-corrected chi connectivity index (χ1v) is 11.1. The lowest BCUT2D eigenvalue weighted by Crippen LogP contribution is -2.36. The first-order valence-electron chi connectivity index (χ1n) is 11.1. The Balaban J connectivity index is 1.45. The van der Waals surface area contributed by atoms with E-state index >= 15 is 0 Å². The number of aromatic nitrogens is 3. The molecule has 7 nitrogen and oxygen atoms in total. The summed E-state index contributed by atoms with van der Waals surface area (Å²) in [6.07, 6.45) is 3.92. The van der Waals surface area contributed by atoms with Crippen LogP contribution < -0.4 is 15.0 Å². The molecular formula is C24H30N4O3. The molecule has 164 valence electrons. The standard InChI is InChI=1S/C24H30N4O3/c1-14(2)31-22-10-16(5-8-21(22)30-4)13-27-17-6-7-18(27)12-20-19(11-17)24(29)28-23(25-20)9-15(3)26-28/h5,8-10,14,17-18,26H,6-7,11-13H2,1-4H3/t17-,18+/m0/s1. The molecule has 1 N–H and O–H groups in total. The molecule has 7 heteroatoms. The number of nitrogens with one attached hydrogen (secondary N) is 1. The van der Waals surface area contributed by atoms with Crippen LogP contribution in [0.25, 0.3) is 5.65 Å². The molecule has 1 fully saturated rings. The van der Waals surface area contributed by atoms with Crippen LogP contribution in [0.5, 0.6) is 11.5 Å². The zero-order valence-electron chi connectivity index (χ0n) is 18.6. The second-order valence-corrected chi connectivity index (χ2v) is 9.09. The third kappa shape index (κ3) is 3.61. The molecule has 2 aromatic heterocycles. The van der Waals surface area contributed by atoms with Crippen molar-refractivity contribution >= 4 is 5.65 Å². The van der Waals surface area contributed by atoms with Gasteiger partial charge in [-0.05, 0) is 57.7 Å². The van der Waals surface area contributed by atoms with Gasteiger partial charge < -0.3 is 9.47 Å². The van der Waals surface area contributed by atoms with Gasteiger partial charge in [-0.25, -0.2) is 9.50 Å². The van der Waals surface area contributed by atoms with Crippen molar-refractivity contribution in [3.63, 3.8) is 0 Å². The van der Waals surface area contributed by atoms with Crippen LogP contribution in [-0.4, -0.2) is 44.8 Å². The predicted octanol–water partition coefficient (Wildman–Crippen LogP) is 3.26. The van der Waals surface area contributed by atoms with Crippen molar-refractivity contribution in [2.75, 3.05) is 7.11 Å². The van der Waals surface area contributed by atoms with Gasteiger partial charge in [-0.3, -0.25) is 14.8 Å². The Morgan fingerprint density at radius 3 is 2.68 bits per heavy atom. The summed E-state index contributed by atoms with van der Waals surface area (Å²) in [5.41, 5.74) is 4.77. The fourth-order valence-electron chi connectivity index (χ4n) is 5.15. The predicted molar refractivity (Wildman–Crippen MR) is 119 cm³/mol. The molecular weight excluding hydrogens is 392 g/mol. The fraction of sp³-hybridized carbons (Fsp3) is 0.500. The summed E-state index contributed by atoms with van der Waals surface area (Å²) < 4.78 is 13.0. The van der Waals surface area contributed by atoms with Crippen LogP contribution in [0.2, 0.25) is 0 Å². The molecule has 0 saturated carbocycles. The van der Waals surface area contributed by atoms with E-state index in [9.17, 15) is 4.79 Å². The maximum absolute atomic E-state index is 13.1. The van der Waals surface area contributed by atoms with Crippen LogP contribution in [0.1, 0.15) is 49.2 Å². The molecule has 0 amide bonds. The normalized spacial score (nSPS) is 20.8. The third-order valence-electron chi connectivity index (χ3n) is 6.52. The SMILES string of the molecule is COc1ccc(CN2[C@@H]3CC[C@H]2Cc2c(nc4cc(C)[nH]n4c2=O)C3)cc1OC(C)C. The average molecular weight is 423 g/mol. The number of H-pyrrole nitrogens is 1. The minimum atomic E-state index is 0.0534. The second-order valence-electron chi connectivity index (χ2n) is 9.09. The first-order chi connectivity index (χ1) is 14.9. The number of fused-ring (bicyclic) bond motifs is 4. The van der Waals surface area contributed by atoms with Gasteiger partial charge in [0.1, 0.15) is 0 Å². The monoisotopic (exact) mass is 422 g/mol. The summed E-state index contributed by atoms with van der Waals surface area (Å²) in [5.74, 6) is 1.54. The number of ether oxygens (including phenoxy) is 2. The van der Waals surface area contributed by atoms with Gasteiger partial charge in [0.2, 0.25) is 0 Å². The van der Waals surface area contributed by atoms with E-state index in [1.165, 1.54) is 5.56 Å². The Hall–Kier alpha value is -2.80. The van der Waals surface area contributed by atoms with Gasteiger partial charge in [-0.2, -0.15) is 0 Å². The number of nitrogens with zero attached hydrogens (tertiary/aromatic N) is 3. The highest BCUT2D eigenvalue weighted by Crippen LogP contribution is 2.36. The Kier molecular flexibility index (Phi) is 5.01. The summed E-state index contributed by atoms with van der Waals surface area (Å²) in [4.78, 5) is 20.6. The largest absolute Gasteiger partial charge is 0.493 e. The molecule has 2 atom stereocenters. The molecule has 0 aliphatic carbocycles. The number of methoxy groups -OCH3 is 1. The molecule has 1 saturated heterocycles. The number of benzene rings is 1. The smallest absolute Gasteiger partial charge is 0.276 e. The van der Waals surface area contributed by atoms with E-state index in [-0.39, 0.29) is 11.7 Å². The molecule has 1 aromatic carbocycles. The van der Waals surface area contributed by atoms with Crippen LogP contribution in [0.4, 0.5) is 0 Å². The highest BCUT2D eigenvalue weighted by Gasteiger charge is 2.38. The van der Waals surface area contributed by atoms with Gasteiger partial charge in [0, 0.05) is 42.4 Å². The molecule has 2 aliphatic heterocycles. The maximum atomic E-state index is 13.1. The van der Waals surface area contributed by atoms with E-state index in [1.54, 1.807) is 11.6 Å². The summed E-state index contributed by atoms with van der Waals surface area (Å²) in [6.45, 7) is 6.83. The van der Waals surface area contributed by atoms with Gasteiger partial charge in [0.15, 0.2) is 17.1 Å². The van der Waals surface area contributed by atoms with Gasteiger partial charge in [0.05, 0.1) is 18.9 Å². The molecule has 2 bridgehead atoms. The summed E-state index contributed by atoms with van der Waals surface area (Å²) in [7, 11) is 1.67. The number of hydrogen-bond acceptors (Lipinski definition) is 5. The molecule has 0 unspecified atom stereocenters. The quantitative estimate of drug-likeness (QED) is 0.683. The van der Waals surface area contributed by atoms with Crippen LogP contribution >= 0.6 is 0 Å². The molecule has 31 heavy (non-hydrogen) atoms. The van der Waals surface area contributed by atoms with Crippen LogP contribution in [-0.2, 0) is 19.4 Å². The van der Waals surface area contributed by atoms with Crippen LogP contribution in [0.3, 0.4) is 0 Å². The van der Waals surface area contributed by atoms with Gasteiger partial charge in [0.25, 0.3) is 5.56 Å². The topological polar surface area (TPSA) is 71.9 Å². The van der Waals surface area contributed by atoms with E-state index < -0.39 is 0 Å². The van der Waals surface area contributed by atoms with E-state index in [4.69, 9.17) is 14.5 Å². The van der Waals surface area contributed by atoms with Gasteiger partial charge in [-0.15, -0.1) is 0 Å². The van der Waals surface area contributed by atoms with E-state index in [0.29, 0.717) is 12.1 Å². The van der Waals surface area contributed by atoms with E-state index in [1.807, 2.05) is 32.9 Å². The Bertz CT molecular complexity index is 1180. The lowest BCUT2D eigenvalue weighted by molar-refractivity contribution is 0.186. The minimum absolute atomic E-state index is 0.0534. The lowest BCUT2D eigenvalue weighted by atomic mass is 9.98. The Morgan fingerprint density at radius 1 is 1.16 bits per heavy atom. The highest BCUT2D eigenvalue weighted by atomic mass is 16.5. The van der Waals surface area contributed by atoms with Crippen molar-refractivity contribution in [3.8, 4) is 11.5 Å². The van der Waals surface area contributed by atoms with Crippen molar-refractivity contribution < 1.29 is 9.47 Å². The van der Waals surface area contributed by atoms with Crippen molar-refractivity contribution in [1.82, 2.24) is 19.5 Å². The Morgan fingerprint density at radius 2 is 1.94 bits per heavy atom. The van der Waals surface area contributed by atoms with Crippen LogP contribution in [0, 0.1) is 6.92 Å². The van der Waals surface area contributed by atoms with E-state index in [0.717, 1.165) is 66.3 Å². The Labute approximate surface area is 182 Å². The third-order valence-corrected chi connectivity index (χ3v) is 6.52. The zero-order chi connectivity index (χ0) is 21.7. The summed E-state index contributed by atoms with van der Waals surface area (Å²) >= 11 is 0. The number of aromatic amines is 1. The van der Waals surface area contributed by atoms with Crippen molar-refractivity contribution in [1.29, 1.82) is 0 Å². The number of rotatable bonds is 5. The van der Waals surface area contributed by atoms with Gasteiger partial charge in [-0.1, -0.05) is 6.07 Å². The van der Waals surface area contributed by atoms with Crippen molar-refractivity contribution in [3.05, 3.63) is 57.1 Å². The van der Waals surface area contributed by atoms with Crippen molar-refractivity contribution in [2.45, 2.75) is 71.2 Å². The molecule has 2 aliphatic rings. The minimum Gasteiger partial charge on any atom is -0.493 e. The van der Waals surface area contributed by atoms with Crippen LogP contribution in [0.15, 0.2) is 29.1 Å². The molecule has 0 radical (unpaired) electrons. The molecule has 5 rings (SSSR count). The summed E-state index contributed by atoms with van der Waals surface area (Å²) in [6, 6.07) is 8.89. The molecule has 4 heterocycles. The zero-order valence-corrected chi connectivity index (χ0v) is 18.6. The van der Waals surface area contributed by atoms with Crippen molar-refractivity contribution in [2.24, 2.45) is 0 Å². The summed E-state index contributed by atoms with van der Waals surface area (Å²) in [5, 5.41) is 3.13. The number of hydrogen-bond donors (Lipinski definition) is 1. The van der Waals surface area contributed by atoms with E-state index in [2.05, 4.69) is 22.1 Å².